The van der Waals surface area contributed by atoms with Gasteiger partial charge in [-0.2, -0.15) is 13.2 Å². The zero-order valence-electron chi connectivity index (χ0n) is 19.9. The summed E-state index contributed by atoms with van der Waals surface area (Å²) in [6.45, 7) is 3.93. The summed E-state index contributed by atoms with van der Waals surface area (Å²) in [6.07, 6.45) is -0.0367. The van der Waals surface area contributed by atoms with Crippen LogP contribution in [0.15, 0.2) is 70.9 Å². The van der Waals surface area contributed by atoms with Crippen molar-refractivity contribution in [3.8, 4) is 0 Å². The van der Waals surface area contributed by atoms with Gasteiger partial charge < -0.3 is 0 Å². The van der Waals surface area contributed by atoms with Crippen LogP contribution < -0.4 is 0 Å². The molecule has 2 unspecified atom stereocenters. The number of hydrogen-bond acceptors (Lipinski definition) is 3. The standard InChI is InChI=1S/C29H28F3NO2/c1-17(2)26-25(27(35)19-9-11-20(12-10-19)29(30,31)32)23(18-7-4-3-5-8-18)24-21(33-26)15-28(13-6-14-28)16-22(24)34/h3-5,7-12,17,23-24H,6,13-16H2,1-2H3. The van der Waals surface area contributed by atoms with Crippen molar-refractivity contribution in [3.05, 3.63) is 82.6 Å². The van der Waals surface area contributed by atoms with Crippen molar-refractivity contribution in [2.45, 2.75) is 58.0 Å². The molecule has 0 aromatic heterocycles. The van der Waals surface area contributed by atoms with Gasteiger partial charge in [0, 0.05) is 29.2 Å². The number of alkyl halides is 3. The highest BCUT2D eigenvalue weighted by molar-refractivity contribution is 6.16. The average molecular weight is 480 g/mol. The second-order valence-corrected chi connectivity index (χ2v) is 10.5. The van der Waals surface area contributed by atoms with Gasteiger partial charge in [0.1, 0.15) is 5.78 Å². The van der Waals surface area contributed by atoms with Gasteiger partial charge in [0.05, 0.1) is 17.2 Å². The van der Waals surface area contributed by atoms with Gasteiger partial charge in [0.2, 0.25) is 0 Å². The topological polar surface area (TPSA) is 46.5 Å². The Morgan fingerprint density at radius 3 is 2.17 bits per heavy atom. The number of hydrogen-bond donors (Lipinski definition) is 0. The van der Waals surface area contributed by atoms with E-state index in [4.69, 9.17) is 4.99 Å². The summed E-state index contributed by atoms with van der Waals surface area (Å²) < 4.78 is 39.3. The van der Waals surface area contributed by atoms with Crippen LogP contribution >= 0.6 is 0 Å². The number of aliphatic imine (C=N–C) groups is 1. The zero-order chi connectivity index (χ0) is 25.0. The van der Waals surface area contributed by atoms with Gasteiger partial charge in [-0.3, -0.25) is 14.6 Å². The normalized spacial score (nSPS) is 23.7. The number of halogens is 3. The third-order valence-electron chi connectivity index (χ3n) is 7.83. The number of ketones is 2. The van der Waals surface area contributed by atoms with E-state index in [1.807, 2.05) is 44.2 Å². The molecule has 35 heavy (non-hydrogen) atoms. The number of fused-ring (bicyclic) bond motifs is 1. The Morgan fingerprint density at radius 2 is 1.63 bits per heavy atom. The molecule has 182 valence electrons. The van der Waals surface area contributed by atoms with Crippen molar-refractivity contribution in [2.24, 2.45) is 22.2 Å². The maximum Gasteiger partial charge on any atom is 0.416 e. The molecule has 2 fully saturated rings. The minimum atomic E-state index is -4.48. The summed E-state index contributed by atoms with van der Waals surface area (Å²) in [5, 5.41) is 0. The molecule has 2 aliphatic carbocycles. The average Bonchev–Trinajstić information content (AvgIpc) is 2.81. The van der Waals surface area contributed by atoms with Gasteiger partial charge in [0.25, 0.3) is 0 Å². The molecule has 0 N–H and O–H groups in total. The van der Waals surface area contributed by atoms with E-state index < -0.39 is 23.6 Å². The maximum atomic E-state index is 13.9. The lowest BCUT2D eigenvalue weighted by Crippen LogP contribution is -2.48. The van der Waals surface area contributed by atoms with Crippen LogP contribution in [0.3, 0.4) is 0 Å². The molecule has 1 spiro atoms. The number of carbonyl (C=O) groups excluding carboxylic acids is 2. The molecule has 2 aromatic carbocycles. The van der Waals surface area contributed by atoms with Gasteiger partial charge in [-0.1, -0.05) is 62.7 Å². The number of benzene rings is 2. The van der Waals surface area contributed by atoms with Gasteiger partial charge in [0.15, 0.2) is 5.78 Å². The lowest BCUT2D eigenvalue weighted by atomic mass is 9.55. The second-order valence-electron chi connectivity index (χ2n) is 10.5. The smallest absolute Gasteiger partial charge is 0.299 e. The van der Waals surface area contributed by atoms with Crippen molar-refractivity contribution in [1.82, 2.24) is 0 Å². The molecule has 2 saturated carbocycles. The molecule has 2 aromatic rings. The molecule has 3 aliphatic rings. The number of allylic oxidation sites excluding steroid dienone is 2. The molecule has 0 bridgehead atoms. The Bertz CT molecular complexity index is 1220. The molecule has 2 atom stereocenters. The van der Waals surface area contributed by atoms with Crippen LogP contribution in [-0.2, 0) is 11.0 Å². The second kappa shape index (κ2) is 8.58. The first kappa shape index (κ1) is 23.7. The van der Waals surface area contributed by atoms with Crippen LogP contribution in [-0.4, -0.2) is 17.3 Å². The number of Topliss-reactive ketones (excluding diaryl/α,β-unsaturated/α-hetero) is 2. The lowest BCUT2D eigenvalue weighted by molar-refractivity contribution is -0.137. The Balaban J connectivity index is 1.66. The summed E-state index contributed by atoms with van der Waals surface area (Å²) in [5.74, 6) is -1.35. The lowest BCUT2D eigenvalue weighted by Gasteiger charge is -2.49. The van der Waals surface area contributed by atoms with E-state index in [2.05, 4.69) is 0 Å². The third-order valence-corrected chi connectivity index (χ3v) is 7.83. The Labute approximate surface area is 203 Å². The maximum absolute atomic E-state index is 13.9. The predicted molar refractivity (Wildman–Crippen MR) is 128 cm³/mol. The third kappa shape index (κ3) is 4.17. The van der Waals surface area contributed by atoms with Gasteiger partial charge in [-0.15, -0.1) is 0 Å². The molecule has 5 rings (SSSR count). The van der Waals surface area contributed by atoms with E-state index >= 15 is 0 Å². The van der Waals surface area contributed by atoms with Crippen molar-refractivity contribution >= 4 is 17.3 Å². The van der Waals surface area contributed by atoms with Gasteiger partial charge >= 0.3 is 6.18 Å². The highest BCUT2D eigenvalue weighted by atomic mass is 19.4. The van der Waals surface area contributed by atoms with Crippen molar-refractivity contribution in [3.63, 3.8) is 0 Å². The van der Waals surface area contributed by atoms with Crippen LogP contribution in [0.25, 0.3) is 0 Å². The van der Waals surface area contributed by atoms with E-state index in [0.717, 1.165) is 49.1 Å². The predicted octanol–water partition coefficient (Wildman–Crippen LogP) is 7.19. The SMILES string of the molecule is CC(C)C1=C(C(=O)c2ccc(C(F)(F)F)cc2)C(c2ccccc2)C2C(=O)CC3(CCC3)CC2=N1. The molecule has 3 nitrogen and oxygen atoms in total. The summed E-state index contributed by atoms with van der Waals surface area (Å²) in [6, 6.07) is 13.8. The van der Waals surface area contributed by atoms with Crippen molar-refractivity contribution in [2.75, 3.05) is 0 Å². The number of nitrogens with zero attached hydrogens (tertiary/aromatic N) is 1. The van der Waals surface area contributed by atoms with Crippen LogP contribution in [0.5, 0.6) is 0 Å². The summed E-state index contributed by atoms with van der Waals surface area (Å²) in [5.41, 5.74) is 2.16. The van der Waals surface area contributed by atoms with Crippen LogP contribution in [0, 0.1) is 17.3 Å². The minimum absolute atomic E-state index is 0.00464. The Kier molecular flexibility index (Phi) is 5.81. The molecular weight excluding hydrogens is 451 g/mol. The first-order valence-electron chi connectivity index (χ1n) is 12.2. The fourth-order valence-corrected chi connectivity index (χ4v) is 5.96. The minimum Gasteiger partial charge on any atom is -0.299 e. The molecule has 0 saturated heterocycles. The molecule has 0 radical (unpaired) electrons. The van der Waals surface area contributed by atoms with Crippen molar-refractivity contribution in [1.29, 1.82) is 0 Å². The van der Waals surface area contributed by atoms with Crippen molar-refractivity contribution < 1.29 is 22.8 Å². The van der Waals surface area contributed by atoms with E-state index in [1.54, 1.807) is 0 Å². The molecule has 0 amide bonds. The van der Waals surface area contributed by atoms with Crippen LogP contribution in [0.4, 0.5) is 13.2 Å². The van der Waals surface area contributed by atoms with E-state index in [-0.39, 0.29) is 28.5 Å². The molecular formula is C29H28F3NO2. The van der Waals surface area contributed by atoms with E-state index in [0.29, 0.717) is 17.7 Å². The van der Waals surface area contributed by atoms with Gasteiger partial charge in [-0.05, 0) is 48.3 Å². The monoisotopic (exact) mass is 479 g/mol. The van der Waals surface area contributed by atoms with Gasteiger partial charge in [-0.25, -0.2) is 0 Å². The molecule has 1 heterocycles. The van der Waals surface area contributed by atoms with E-state index in [9.17, 15) is 22.8 Å². The summed E-state index contributed by atoms with van der Waals surface area (Å²) in [4.78, 5) is 32.5. The van der Waals surface area contributed by atoms with Crippen LogP contribution in [0.1, 0.15) is 73.4 Å². The quantitative estimate of drug-likeness (QED) is 0.436. The highest BCUT2D eigenvalue weighted by Crippen LogP contribution is 2.55. The molecule has 1 aliphatic heterocycles. The summed E-state index contributed by atoms with van der Waals surface area (Å²) in [7, 11) is 0. The fraction of sp³-hybridized carbons (Fsp3) is 0.414. The largest absolute Gasteiger partial charge is 0.416 e. The number of carbonyl (C=O) groups is 2. The van der Waals surface area contributed by atoms with E-state index in [1.165, 1.54) is 12.1 Å². The first-order valence-corrected chi connectivity index (χ1v) is 12.2. The highest BCUT2D eigenvalue weighted by Gasteiger charge is 2.52. The number of rotatable bonds is 4. The summed E-state index contributed by atoms with van der Waals surface area (Å²) >= 11 is 0. The Hall–Kier alpha value is -3.02. The fourth-order valence-electron chi connectivity index (χ4n) is 5.96. The molecule has 6 heteroatoms. The zero-order valence-corrected chi connectivity index (χ0v) is 19.9. The Morgan fingerprint density at radius 1 is 0.971 bits per heavy atom. The first-order chi connectivity index (χ1) is 16.6. The van der Waals surface area contributed by atoms with Crippen LogP contribution in [0.2, 0.25) is 0 Å².